The van der Waals surface area contributed by atoms with Crippen molar-refractivity contribution in [2.45, 2.75) is 96.8 Å². The van der Waals surface area contributed by atoms with E-state index in [9.17, 15) is 13.2 Å². The maximum atomic E-state index is 13.1. The predicted octanol–water partition coefficient (Wildman–Crippen LogP) is 5.75. The van der Waals surface area contributed by atoms with Crippen LogP contribution in [-0.4, -0.2) is 18.3 Å². The topological polar surface area (TPSA) is 24.1 Å². The Hall–Kier alpha value is -0.550. The lowest BCUT2D eigenvalue weighted by atomic mass is 9.62. The molecule has 1 saturated heterocycles. The highest BCUT2D eigenvalue weighted by Crippen LogP contribution is 2.46. The molecule has 3 rings (SSSR count). The van der Waals surface area contributed by atoms with E-state index in [2.05, 4.69) is 31.6 Å². The van der Waals surface area contributed by atoms with Crippen LogP contribution in [0.25, 0.3) is 0 Å². The second-order valence-corrected chi connectivity index (χ2v) is 9.61. The molecule has 0 aromatic heterocycles. The van der Waals surface area contributed by atoms with Gasteiger partial charge in [-0.2, -0.15) is 13.2 Å². The standard InChI is InChI=1S/C21H35F3N2/c1-14-6-5-11-20(2,3)18(14)10-9-17-13-19(26-25-17)15-7-4-8-16(12-15)21(22,23)24/h7,14,16-19,25-26H,4-6,8-13H2,1-3H3. The van der Waals surface area contributed by atoms with Crippen molar-refractivity contribution >= 4 is 0 Å². The zero-order chi connectivity index (χ0) is 18.9. The first kappa shape index (κ1) is 20.2. The summed E-state index contributed by atoms with van der Waals surface area (Å²) >= 11 is 0. The van der Waals surface area contributed by atoms with E-state index in [0.29, 0.717) is 17.9 Å². The van der Waals surface area contributed by atoms with E-state index in [4.69, 9.17) is 0 Å². The summed E-state index contributed by atoms with van der Waals surface area (Å²) in [5.74, 6) is 0.366. The Balaban J connectivity index is 1.50. The van der Waals surface area contributed by atoms with Crippen LogP contribution >= 0.6 is 0 Å². The lowest BCUT2D eigenvalue weighted by Gasteiger charge is -2.43. The number of alkyl halides is 3. The maximum absolute atomic E-state index is 13.1. The van der Waals surface area contributed by atoms with E-state index in [0.717, 1.165) is 30.3 Å². The Morgan fingerprint density at radius 3 is 2.62 bits per heavy atom. The molecule has 2 nitrogen and oxygen atoms in total. The highest BCUT2D eigenvalue weighted by molar-refractivity contribution is 5.17. The Morgan fingerprint density at radius 1 is 1.15 bits per heavy atom. The number of halogens is 3. The van der Waals surface area contributed by atoms with Crippen LogP contribution in [-0.2, 0) is 0 Å². The van der Waals surface area contributed by atoms with Crippen LogP contribution in [0.4, 0.5) is 13.2 Å². The first-order valence-electron chi connectivity index (χ1n) is 10.4. The van der Waals surface area contributed by atoms with Gasteiger partial charge in [-0.3, -0.25) is 10.9 Å². The minimum atomic E-state index is -4.06. The van der Waals surface area contributed by atoms with Gasteiger partial charge in [0.15, 0.2) is 0 Å². The van der Waals surface area contributed by atoms with Crippen molar-refractivity contribution in [3.8, 4) is 0 Å². The molecule has 5 unspecified atom stereocenters. The summed E-state index contributed by atoms with van der Waals surface area (Å²) in [6, 6.07) is 0.444. The molecule has 1 saturated carbocycles. The number of allylic oxidation sites excluding steroid dienone is 1. The van der Waals surface area contributed by atoms with Gasteiger partial charge in [0.05, 0.1) is 5.92 Å². The van der Waals surface area contributed by atoms with E-state index >= 15 is 0 Å². The Labute approximate surface area is 156 Å². The van der Waals surface area contributed by atoms with E-state index in [-0.39, 0.29) is 18.9 Å². The number of hydrazine groups is 1. The molecule has 5 heteroatoms. The van der Waals surface area contributed by atoms with Gasteiger partial charge in [-0.1, -0.05) is 45.3 Å². The highest BCUT2D eigenvalue weighted by atomic mass is 19.4. The Morgan fingerprint density at radius 2 is 1.92 bits per heavy atom. The first-order chi connectivity index (χ1) is 12.2. The lowest BCUT2D eigenvalue weighted by molar-refractivity contribution is -0.176. The quantitative estimate of drug-likeness (QED) is 0.614. The second kappa shape index (κ2) is 7.83. The molecule has 5 atom stereocenters. The van der Waals surface area contributed by atoms with Gasteiger partial charge in [0.2, 0.25) is 0 Å². The number of hydrogen-bond acceptors (Lipinski definition) is 2. The fourth-order valence-electron chi connectivity index (χ4n) is 5.65. The van der Waals surface area contributed by atoms with Crippen molar-refractivity contribution < 1.29 is 13.2 Å². The molecule has 2 aliphatic carbocycles. The number of rotatable bonds is 4. The Kier molecular flexibility index (Phi) is 6.08. The summed E-state index contributed by atoms with van der Waals surface area (Å²) in [7, 11) is 0. The molecular formula is C21H35F3N2. The molecule has 3 aliphatic rings. The van der Waals surface area contributed by atoms with Gasteiger partial charge in [0.1, 0.15) is 0 Å². The van der Waals surface area contributed by atoms with Crippen LogP contribution in [0.3, 0.4) is 0 Å². The minimum absolute atomic E-state index is 0.0712. The normalized spacial score (nSPS) is 38.2. The number of nitrogens with one attached hydrogen (secondary N) is 2. The van der Waals surface area contributed by atoms with Crippen LogP contribution in [0.15, 0.2) is 11.6 Å². The first-order valence-corrected chi connectivity index (χ1v) is 10.4. The van der Waals surface area contributed by atoms with Crippen LogP contribution in [0, 0.1) is 23.2 Å². The molecule has 26 heavy (non-hydrogen) atoms. The monoisotopic (exact) mass is 372 g/mol. The molecule has 150 valence electrons. The van der Waals surface area contributed by atoms with Gasteiger partial charge in [0, 0.05) is 12.1 Å². The molecule has 1 heterocycles. The molecule has 0 radical (unpaired) electrons. The largest absolute Gasteiger partial charge is 0.392 e. The fourth-order valence-corrected chi connectivity index (χ4v) is 5.65. The molecule has 2 fully saturated rings. The van der Waals surface area contributed by atoms with Gasteiger partial charge in [-0.25, -0.2) is 0 Å². The van der Waals surface area contributed by atoms with Crippen molar-refractivity contribution in [2.75, 3.05) is 0 Å². The zero-order valence-electron chi connectivity index (χ0n) is 16.5. The molecule has 0 aromatic rings. The smallest absolute Gasteiger partial charge is 0.254 e. The molecule has 0 bridgehead atoms. The van der Waals surface area contributed by atoms with Gasteiger partial charge in [-0.15, -0.1) is 0 Å². The summed E-state index contributed by atoms with van der Waals surface area (Å²) in [4.78, 5) is 0. The summed E-state index contributed by atoms with van der Waals surface area (Å²) in [5, 5.41) is 0. The average molecular weight is 373 g/mol. The van der Waals surface area contributed by atoms with Crippen molar-refractivity contribution in [1.29, 1.82) is 0 Å². The Bertz CT molecular complexity index is 512. The maximum Gasteiger partial charge on any atom is 0.392 e. The van der Waals surface area contributed by atoms with Gasteiger partial charge >= 0.3 is 6.18 Å². The van der Waals surface area contributed by atoms with Crippen molar-refractivity contribution in [3.05, 3.63) is 11.6 Å². The molecule has 1 aliphatic heterocycles. The average Bonchev–Trinajstić information content (AvgIpc) is 3.02. The summed E-state index contributed by atoms with van der Waals surface area (Å²) in [5.41, 5.74) is 8.02. The van der Waals surface area contributed by atoms with Gasteiger partial charge < -0.3 is 0 Å². The predicted molar refractivity (Wildman–Crippen MR) is 99.5 cm³/mol. The summed E-state index contributed by atoms with van der Waals surface area (Å²) < 4.78 is 39.2. The highest BCUT2D eigenvalue weighted by Gasteiger charge is 2.42. The third kappa shape index (κ3) is 4.64. The fraction of sp³-hybridized carbons (Fsp3) is 0.905. The third-order valence-electron chi connectivity index (χ3n) is 7.29. The molecule has 0 aromatic carbocycles. The molecule has 0 amide bonds. The third-order valence-corrected chi connectivity index (χ3v) is 7.29. The molecule has 2 N–H and O–H groups in total. The zero-order valence-corrected chi connectivity index (χ0v) is 16.5. The van der Waals surface area contributed by atoms with Gasteiger partial charge in [0.25, 0.3) is 0 Å². The van der Waals surface area contributed by atoms with E-state index in [1.54, 1.807) is 0 Å². The minimum Gasteiger partial charge on any atom is -0.254 e. The van der Waals surface area contributed by atoms with E-state index < -0.39 is 12.1 Å². The van der Waals surface area contributed by atoms with Crippen molar-refractivity contribution in [1.82, 2.24) is 10.9 Å². The van der Waals surface area contributed by atoms with Crippen LogP contribution in [0.5, 0.6) is 0 Å². The van der Waals surface area contributed by atoms with Crippen LogP contribution in [0.1, 0.15) is 78.6 Å². The summed E-state index contributed by atoms with van der Waals surface area (Å²) in [6.45, 7) is 7.19. The second-order valence-electron chi connectivity index (χ2n) is 9.61. The summed E-state index contributed by atoms with van der Waals surface area (Å²) in [6.07, 6.45) is 6.16. The van der Waals surface area contributed by atoms with Crippen molar-refractivity contribution in [2.24, 2.45) is 23.2 Å². The number of hydrogen-bond donors (Lipinski definition) is 2. The van der Waals surface area contributed by atoms with E-state index in [1.165, 1.54) is 25.7 Å². The molecular weight excluding hydrogens is 337 g/mol. The lowest BCUT2D eigenvalue weighted by Crippen LogP contribution is -2.37. The van der Waals surface area contributed by atoms with E-state index in [1.807, 2.05) is 6.08 Å². The van der Waals surface area contributed by atoms with Crippen molar-refractivity contribution in [3.63, 3.8) is 0 Å². The molecule has 0 spiro atoms. The van der Waals surface area contributed by atoms with Crippen LogP contribution < -0.4 is 10.9 Å². The van der Waals surface area contributed by atoms with Crippen LogP contribution in [0.2, 0.25) is 0 Å². The van der Waals surface area contributed by atoms with Gasteiger partial charge in [-0.05, 0) is 62.2 Å². The SMILES string of the molecule is CC1CCCC(C)(C)C1CCC1CC(C2=CCCC(C(F)(F)F)C2)NN1.